The number of hydrogen-bond donors (Lipinski definition) is 1. The van der Waals surface area contributed by atoms with Crippen molar-refractivity contribution in [3.05, 3.63) is 100 Å². The van der Waals surface area contributed by atoms with Crippen LogP contribution in [-0.2, 0) is 46.8 Å². The number of carboxylic acids is 1. The van der Waals surface area contributed by atoms with Crippen LogP contribution in [0.3, 0.4) is 0 Å². The van der Waals surface area contributed by atoms with Crippen LogP contribution in [-0.4, -0.2) is 70.2 Å². The molecule has 12 heteroatoms. The highest BCUT2D eigenvalue weighted by molar-refractivity contribution is 5.95. The largest absolute Gasteiger partial charge is 0.489 e. The van der Waals surface area contributed by atoms with Crippen molar-refractivity contribution >= 4 is 17.0 Å². The predicted octanol–water partition coefficient (Wildman–Crippen LogP) is 5.12. The topological polar surface area (TPSA) is 151 Å². The minimum absolute atomic E-state index is 0.00120. The highest BCUT2D eigenvalue weighted by Gasteiger charge is 2.25. The Kier molecular flexibility index (Phi) is 9.47. The molecule has 1 saturated heterocycles. The van der Waals surface area contributed by atoms with Gasteiger partial charge in [0.25, 0.3) is 0 Å². The number of imidazole rings is 1. The van der Waals surface area contributed by atoms with Gasteiger partial charge in [-0.05, 0) is 53.9 Å². The summed E-state index contributed by atoms with van der Waals surface area (Å²) >= 11 is 0. The van der Waals surface area contributed by atoms with E-state index in [2.05, 4.69) is 23.2 Å². The van der Waals surface area contributed by atoms with Crippen LogP contribution in [0.1, 0.15) is 50.7 Å². The highest BCUT2D eigenvalue weighted by atomic mass is 16.5. The number of rotatable bonds is 9. The normalized spacial score (nSPS) is 15.7. The first kappa shape index (κ1) is 32.2. The van der Waals surface area contributed by atoms with Crippen LogP contribution >= 0.6 is 0 Å². The van der Waals surface area contributed by atoms with Crippen molar-refractivity contribution in [1.29, 1.82) is 5.26 Å². The van der Waals surface area contributed by atoms with Gasteiger partial charge in [0.2, 0.25) is 5.88 Å². The number of carboxylic acid groups (broad SMARTS) is 1. The van der Waals surface area contributed by atoms with Gasteiger partial charge < -0.3 is 33.4 Å². The van der Waals surface area contributed by atoms with Gasteiger partial charge >= 0.3 is 5.97 Å². The Hall–Kier alpha value is -5.35. The lowest BCUT2D eigenvalue weighted by molar-refractivity contribution is -0.0589. The molecule has 2 aliphatic heterocycles. The number of benzene rings is 2. The van der Waals surface area contributed by atoms with Gasteiger partial charge in [0.05, 0.1) is 66.2 Å². The monoisotopic (exact) mass is 661 g/mol. The van der Waals surface area contributed by atoms with Crippen molar-refractivity contribution in [3.63, 3.8) is 0 Å². The first-order chi connectivity index (χ1) is 24.0. The van der Waals surface area contributed by atoms with E-state index in [9.17, 15) is 15.2 Å². The zero-order valence-corrected chi connectivity index (χ0v) is 27.1. The third kappa shape index (κ3) is 7.10. The maximum atomic E-state index is 12.1. The van der Waals surface area contributed by atoms with Crippen LogP contribution in [0.4, 0.5) is 0 Å². The highest BCUT2D eigenvalue weighted by Crippen LogP contribution is 2.32. The van der Waals surface area contributed by atoms with Gasteiger partial charge in [-0.15, -0.1) is 0 Å². The molecule has 2 aromatic carbocycles. The summed E-state index contributed by atoms with van der Waals surface area (Å²) < 4.78 is 31.2. The molecule has 6 bridgehead atoms. The van der Waals surface area contributed by atoms with Gasteiger partial charge in [0, 0.05) is 38.2 Å². The maximum Gasteiger partial charge on any atom is 0.335 e. The Morgan fingerprint density at radius 1 is 1.06 bits per heavy atom. The number of nitriles is 1. The van der Waals surface area contributed by atoms with Crippen molar-refractivity contribution in [2.24, 2.45) is 0 Å². The van der Waals surface area contributed by atoms with Gasteiger partial charge in [-0.3, -0.25) is 4.98 Å². The van der Waals surface area contributed by atoms with Crippen LogP contribution in [0, 0.1) is 11.3 Å². The molecule has 5 aromatic rings. The van der Waals surface area contributed by atoms with E-state index < -0.39 is 5.97 Å². The minimum Gasteiger partial charge on any atom is -0.489 e. The fourth-order valence-electron chi connectivity index (χ4n) is 6.02. The average molecular weight is 662 g/mol. The van der Waals surface area contributed by atoms with E-state index in [0.29, 0.717) is 85.4 Å². The summed E-state index contributed by atoms with van der Waals surface area (Å²) in [6, 6.07) is 20.7. The Balaban J connectivity index is 1.27. The maximum absolute atomic E-state index is 12.1. The summed E-state index contributed by atoms with van der Waals surface area (Å²) in [6.07, 6.45) is 1.82. The van der Waals surface area contributed by atoms with Crippen LogP contribution in [0.2, 0.25) is 0 Å². The SMILES string of the molecule is COCCOc1cc(C(=O)O)cc2c1nc(Cc1ccc3cc1COCCc1nc(ccc1C#N)COc1cccc-3n1)n2CC1CCO1. The third-order valence-electron chi connectivity index (χ3n) is 8.70. The van der Waals surface area contributed by atoms with E-state index in [1.165, 1.54) is 6.07 Å². The second-order valence-corrected chi connectivity index (χ2v) is 11.9. The van der Waals surface area contributed by atoms with Crippen molar-refractivity contribution in [3.8, 4) is 29.0 Å². The van der Waals surface area contributed by atoms with Crippen molar-refractivity contribution in [1.82, 2.24) is 19.5 Å². The Bertz CT molecular complexity index is 2050. The standard InChI is InChI=1S/C37H35N5O7/c1-45-13-14-48-33-17-26(37(43)44)16-32-36(33)41-34(42(32)20-29-9-12-47-29)18-23-5-6-24-15-27(23)21-46-11-10-31-25(19-38)7-8-28(39-31)22-49-35-4-2-3-30(24)40-35/h2-8,15-17,29H,9-14,18,20-22H2,1H3,(H,43,44). The molecule has 0 spiro atoms. The second kappa shape index (κ2) is 14.4. The van der Waals surface area contributed by atoms with Crippen LogP contribution in [0.25, 0.3) is 22.3 Å². The number of ether oxygens (including phenoxy) is 5. The molecular weight excluding hydrogens is 626 g/mol. The molecule has 5 heterocycles. The molecule has 3 aromatic heterocycles. The second-order valence-electron chi connectivity index (χ2n) is 11.9. The number of hydrogen-bond acceptors (Lipinski definition) is 10. The molecule has 1 atom stereocenters. The summed E-state index contributed by atoms with van der Waals surface area (Å²) in [6.45, 7) is 2.71. The Morgan fingerprint density at radius 2 is 1.96 bits per heavy atom. The Labute approximate surface area is 282 Å². The molecule has 1 unspecified atom stereocenters. The van der Waals surface area contributed by atoms with Gasteiger partial charge in [-0.2, -0.15) is 5.26 Å². The van der Waals surface area contributed by atoms with Gasteiger partial charge in [0.15, 0.2) is 0 Å². The quantitative estimate of drug-likeness (QED) is 0.210. The molecule has 0 amide bonds. The lowest BCUT2D eigenvalue weighted by atomic mass is 9.99. The van der Waals surface area contributed by atoms with Crippen molar-refractivity contribution in [2.45, 2.75) is 45.1 Å². The third-order valence-corrected chi connectivity index (χ3v) is 8.70. The van der Waals surface area contributed by atoms with Gasteiger partial charge in [-0.25, -0.2) is 14.8 Å². The molecule has 0 radical (unpaired) electrons. The fourth-order valence-corrected chi connectivity index (χ4v) is 6.02. The molecule has 7 rings (SSSR count). The van der Waals surface area contributed by atoms with E-state index in [0.717, 1.165) is 34.6 Å². The van der Waals surface area contributed by atoms with Crippen LogP contribution in [0.15, 0.2) is 60.7 Å². The molecule has 250 valence electrons. The van der Waals surface area contributed by atoms with Crippen molar-refractivity contribution < 1.29 is 33.6 Å². The minimum atomic E-state index is -1.05. The van der Waals surface area contributed by atoms with Gasteiger partial charge in [-0.1, -0.05) is 18.2 Å². The van der Waals surface area contributed by atoms with Crippen LogP contribution in [0.5, 0.6) is 11.6 Å². The number of aromatic nitrogens is 4. The fraction of sp³-hybridized carbons (Fsp3) is 0.324. The summed E-state index contributed by atoms with van der Waals surface area (Å²) in [4.78, 5) is 26.6. The molecule has 2 aliphatic rings. The lowest BCUT2D eigenvalue weighted by Crippen LogP contribution is -2.31. The molecular formula is C37H35N5O7. The van der Waals surface area contributed by atoms with E-state index in [1.807, 2.05) is 28.8 Å². The first-order valence-corrected chi connectivity index (χ1v) is 16.2. The van der Waals surface area contributed by atoms with E-state index in [1.54, 1.807) is 25.3 Å². The van der Waals surface area contributed by atoms with Gasteiger partial charge in [0.1, 0.15) is 36.4 Å². The molecule has 49 heavy (non-hydrogen) atoms. The van der Waals surface area contributed by atoms with Crippen LogP contribution < -0.4 is 9.47 Å². The zero-order valence-electron chi connectivity index (χ0n) is 27.1. The molecule has 1 N–H and O–H groups in total. The predicted molar refractivity (Wildman–Crippen MR) is 178 cm³/mol. The summed E-state index contributed by atoms with van der Waals surface area (Å²) in [5.41, 5.74) is 6.83. The molecule has 12 nitrogen and oxygen atoms in total. The molecule has 0 aliphatic carbocycles. The smallest absolute Gasteiger partial charge is 0.335 e. The average Bonchev–Trinajstić information content (AvgIpc) is 3.44. The number of pyridine rings is 2. The molecule has 1 fully saturated rings. The van der Waals surface area contributed by atoms with E-state index in [4.69, 9.17) is 33.7 Å². The number of methoxy groups -OCH3 is 1. The summed E-state index contributed by atoms with van der Waals surface area (Å²) in [7, 11) is 1.58. The van der Waals surface area contributed by atoms with E-state index >= 15 is 0 Å². The van der Waals surface area contributed by atoms with E-state index in [-0.39, 0.29) is 24.9 Å². The summed E-state index contributed by atoms with van der Waals surface area (Å²) in [5, 5.41) is 19.6. The number of aromatic carboxylic acids is 1. The lowest BCUT2D eigenvalue weighted by Gasteiger charge is -2.27. The Morgan fingerprint density at radius 3 is 2.76 bits per heavy atom. The number of nitrogens with zero attached hydrogens (tertiary/aromatic N) is 5. The number of carbonyl (C=O) groups is 1. The summed E-state index contributed by atoms with van der Waals surface area (Å²) in [5.74, 6) is 0.557. The zero-order chi connectivity index (χ0) is 33.7. The molecule has 0 saturated carbocycles. The first-order valence-electron chi connectivity index (χ1n) is 16.2. The number of fused-ring (bicyclic) bond motifs is 8. The van der Waals surface area contributed by atoms with Crippen molar-refractivity contribution in [2.75, 3.05) is 33.5 Å².